The van der Waals surface area contributed by atoms with E-state index in [1.54, 1.807) is 35.1 Å². The van der Waals surface area contributed by atoms with Crippen LogP contribution in [0, 0.1) is 5.92 Å². The zero-order valence-electron chi connectivity index (χ0n) is 14.4. The van der Waals surface area contributed by atoms with E-state index in [1.807, 2.05) is 23.1 Å². The molecule has 1 saturated heterocycles. The van der Waals surface area contributed by atoms with Gasteiger partial charge in [-0.05, 0) is 24.6 Å². The Morgan fingerprint density at radius 2 is 2.07 bits per heavy atom. The molecule has 0 aliphatic carbocycles. The monoisotopic (exact) mass is 383 g/mol. The van der Waals surface area contributed by atoms with Crippen LogP contribution in [-0.4, -0.2) is 53.4 Å². The molecule has 1 unspecified atom stereocenters. The van der Waals surface area contributed by atoms with Crippen LogP contribution >= 0.6 is 0 Å². The zero-order chi connectivity index (χ0) is 18.4. The molecule has 138 valence electrons. The third-order valence-electron chi connectivity index (χ3n) is 4.90. The van der Waals surface area contributed by atoms with Crippen molar-refractivity contribution in [2.75, 3.05) is 19.7 Å². The van der Waals surface area contributed by atoms with Gasteiger partial charge in [0.25, 0.3) is 10.0 Å². The van der Waals surface area contributed by atoms with Crippen molar-refractivity contribution in [3.63, 3.8) is 0 Å². The van der Waals surface area contributed by atoms with E-state index in [0.29, 0.717) is 30.4 Å². The summed E-state index contributed by atoms with van der Waals surface area (Å²) in [7, 11) is -3.58. The fraction of sp³-hybridized carbons (Fsp3) is 0.278. The third-order valence-corrected chi connectivity index (χ3v) is 6.22. The lowest BCUT2D eigenvalue weighted by Gasteiger charge is -2.18. The number of amidine groups is 1. The van der Waals surface area contributed by atoms with E-state index in [1.165, 1.54) is 0 Å². The van der Waals surface area contributed by atoms with Crippen LogP contribution in [-0.2, 0) is 10.0 Å². The topological polar surface area (TPSA) is 89.2 Å². The number of sulfonamides is 1. The Kier molecular flexibility index (Phi) is 3.64. The maximum Gasteiger partial charge on any atom is 0.285 e. The van der Waals surface area contributed by atoms with E-state index in [-0.39, 0.29) is 10.8 Å². The molecule has 8 nitrogen and oxygen atoms in total. The molecule has 3 aromatic rings. The predicted molar refractivity (Wildman–Crippen MR) is 98.3 cm³/mol. The van der Waals surface area contributed by atoms with Gasteiger partial charge in [-0.1, -0.05) is 12.1 Å². The van der Waals surface area contributed by atoms with Gasteiger partial charge in [-0.25, -0.2) is 9.50 Å². The molecular formula is C18H17N5O3S. The SMILES string of the molecule is O=S1(=O)N=C(N2CCC(COc3ccc4nccn4n3)C2)c2ccccc21. The minimum Gasteiger partial charge on any atom is -0.476 e. The maximum absolute atomic E-state index is 12.2. The van der Waals surface area contributed by atoms with Crippen molar-refractivity contribution in [1.29, 1.82) is 0 Å². The van der Waals surface area contributed by atoms with Gasteiger partial charge in [0.2, 0.25) is 5.88 Å². The Balaban J connectivity index is 1.28. The standard InChI is InChI=1S/C18H17N5O3S/c24-27(25)15-4-2-1-3-14(15)18(21-27)22-9-7-13(11-22)12-26-17-6-5-16-19-8-10-23(16)20-17/h1-6,8,10,13H,7,9,11-12H2. The van der Waals surface area contributed by atoms with Crippen molar-refractivity contribution < 1.29 is 13.2 Å². The Morgan fingerprint density at radius 3 is 3.00 bits per heavy atom. The molecule has 2 aromatic heterocycles. The van der Waals surface area contributed by atoms with Gasteiger partial charge in [0, 0.05) is 43.0 Å². The van der Waals surface area contributed by atoms with E-state index in [2.05, 4.69) is 14.5 Å². The van der Waals surface area contributed by atoms with Gasteiger partial charge in [0.1, 0.15) is 4.90 Å². The number of fused-ring (bicyclic) bond motifs is 2. The molecule has 0 radical (unpaired) electrons. The number of nitrogens with zero attached hydrogens (tertiary/aromatic N) is 5. The summed E-state index contributed by atoms with van der Waals surface area (Å²) < 4.78 is 36.0. The normalized spacial score (nSPS) is 20.7. The molecule has 0 bridgehead atoms. The van der Waals surface area contributed by atoms with Crippen LogP contribution in [0.4, 0.5) is 0 Å². The number of ether oxygens (including phenoxy) is 1. The number of likely N-dealkylation sites (tertiary alicyclic amines) is 1. The van der Waals surface area contributed by atoms with E-state index in [0.717, 1.165) is 18.6 Å². The smallest absolute Gasteiger partial charge is 0.285 e. The van der Waals surface area contributed by atoms with Crippen molar-refractivity contribution in [2.24, 2.45) is 10.3 Å². The molecule has 1 aromatic carbocycles. The lowest BCUT2D eigenvalue weighted by Crippen LogP contribution is -2.29. The van der Waals surface area contributed by atoms with Gasteiger partial charge in [0.05, 0.1) is 6.61 Å². The molecule has 0 saturated carbocycles. The van der Waals surface area contributed by atoms with Gasteiger partial charge in [-0.15, -0.1) is 9.50 Å². The molecule has 27 heavy (non-hydrogen) atoms. The molecule has 0 amide bonds. The minimum atomic E-state index is -3.58. The first kappa shape index (κ1) is 16.2. The second-order valence-electron chi connectivity index (χ2n) is 6.70. The van der Waals surface area contributed by atoms with Gasteiger partial charge < -0.3 is 9.64 Å². The summed E-state index contributed by atoms with van der Waals surface area (Å²) in [6.45, 7) is 1.98. The third kappa shape index (κ3) is 2.84. The van der Waals surface area contributed by atoms with Crippen molar-refractivity contribution >= 4 is 21.5 Å². The van der Waals surface area contributed by atoms with Gasteiger partial charge in [0.15, 0.2) is 11.5 Å². The fourth-order valence-electron chi connectivity index (χ4n) is 3.56. The second-order valence-corrected chi connectivity index (χ2v) is 8.27. The summed E-state index contributed by atoms with van der Waals surface area (Å²) in [4.78, 5) is 6.48. The Morgan fingerprint density at radius 1 is 1.19 bits per heavy atom. The van der Waals surface area contributed by atoms with E-state index in [9.17, 15) is 8.42 Å². The van der Waals surface area contributed by atoms with Crippen molar-refractivity contribution in [2.45, 2.75) is 11.3 Å². The van der Waals surface area contributed by atoms with Crippen LogP contribution in [0.25, 0.3) is 5.65 Å². The molecule has 2 aliphatic heterocycles. The number of aromatic nitrogens is 3. The highest BCUT2D eigenvalue weighted by molar-refractivity contribution is 7.90. The summed E-state index contributed by atoms with van der Waals surface area (Å²) in [5.41, 5.74) is 1.46. The molecule has 0 spiro atoms. The average Bonchev–Trinajstić information content (AvgIpc) is 3.38. The van der Waals surface area contributed by atoms with Crippen molar-refractivity contribution in [1.82, 2.24) is 19.5 Å². The number of hydrogen-bond acceptors (Lipinski definition) is 6. The number of hydrogen-bond donors (Lipinski definition) is 0. The van der Waals surface area contributed by atoms with E-state index in [4.69, 9.17) is 4.74 Å². The van der Waals surface area contributed by atoms with Crippen LogP contribution in [0.2, 0.25) is 0 Å². The quantitative estimate of drug-likeness (QED) is 0.682. The lowest BCUT2D eigenvalue weighted by molar-refractivity contribution is 0.243. The maximum atomic E-state index is 12.2. The largest absolute Gasteiger partial charge is 0.476 e. The molecule has 1 atom stereocenters. The first-order valence-corrected chi connectivity index (χ1v) is 10.2. The van der Waals surface area contributed by atoms with Crippen LogP contribution in [0.5, 0.6) is 5.88 Å². The van der Waals surface area contributed by atoms with Gasteiger partial charge >= 0.3 is 0 Å². The summed E-state index contributed by atoms with van der Waals surface area (Å²) in [6, 6.07) is 10.6. The van der Waals surface area contributed by atoms with Crippen LogP contribution in [0.1, 0.15) is 12.0 Å². The first-order chi connectivity index (χ1) is 13.1. The van der Waals surface area contributed by atoms with Crippen LogP contribution in [0.15, 0.2) is 58.1 Å². The molecule has 1 fully saturated rings. The van der Waals surface area contributed by atoms with Crippen LogP contribution in [0.3, 0.4) is 0 Å². The summed E-state index contributed by atoms with van der Waals surface area (Å²) in [5, 5.41) is 4.36. The molecule has 5 rings (SSSR count). The number of imidazole rings is 1. The predicted octanol–water partition coefficient (Wildman–Crippen LogP) is 1.58. The fourth-order valence-corrected chi connectivity index (χ4v) is 4.78. The molecule has 4 heterocycles. The molecule has 2 aliphatic rings. The Hall–Kier alpha value is -2.94. The van der Waals surface area contributed by atoms with Gasteiger partial charge in [-0.2, -0.15) is 8.42 Å². The highest BCUT2D eigenvalue weighted by Gasteiger charge is 2.34. The highest BCUT2D eigenvalue weighted by atomic mass is 32.2. The van der Waals surface area contributed by atoms with E-state index < -0.39 is 10.0 Å². The number of rotatable bonds is 3. The second kappa shape index (κ2) is 6.05. The van der Waals surface area contributed by atoms with E-state index >= 15 is 0 Å². The Labute approximate surface area is 156 Å². The Bertz CT molecular complexity index is 1150. The zero-order valence-corrected chi connectivity index (χ0v) is 15.2. The number of benzene rings is 1. The van der Waals surface area contributed by atoms with Crippen LogP contribution < -0.4 is 4.74 Å². The molecular weight excluding hydrogens is 366 g/mol. The molecule has 9 heteroatoms. The lowest BCUT2D eigenvalue weighted by atomic mass is 10.1. The van der Waals surface area contributed by atoms with Crippen molar-refractivity contribution in [3.8, 4) is 5.88 Å². The first-order valence-electron chi connectivity index (χ1n) is 8.73. The summed E-state index contributed by atoms with van der Waals surface area (Å²) in [6.07, 6.45) is 4.37. The average molecular weight is 383 g/mol. The molecule has 0 N–H and O–H groups in total. The summed E-state index contributed by atoms with van der Waals surface area (Å²) in [5.74, 6) is 1.37. The van der Waals surface area contributed by atoms with Crippen molar-refractivity contribution in [3.05, 3.63) is 54.4 Å². The van der Waals surface area contributed by atoms with Gasteiger partial charge in [-0.3, -0.25) is 0 Å². The highest BCUT2D eigenvalue weighted by Crippen LogP contribution is 2.30. The summed E-state index contributed by atoms with van der Waals surface area (Å²) >= 11 is 0. The minimum absolute atomic E-state index is 0.281.